The molecule has 0 radical (unpaired) electrons. The molecule has 24 heavy (non-hydrogen) atoms. The standard InChI is InChI=1S/C21H29NS2/c1-4-10-18(11-5-1)22-21(24-20-14-8-3-9-15-20)16-17-23-19-12-6-2-7-13-19/h1,4-5,10-11,16-17,19-20H,2-3,6-9,12-15H2. The average molecular weight is 360 g/mol. The molecule has 0 heterocycles. The molecule has 0 aliphatic heterocycles. The minimum atomic E-state index is 0.755. The molecule has 0 saturated heterocycles. The number of rotatable bonds is 5. The lowest BCUT2D eigenvalue weighted by molar-refractivity contribution is 0.517. The summed E-state index contributed by atoms with van der Waals surface area (Å²) in [7, 11) is 0. The van der Waals surface area contributed by atoms with Gasteiger partial charge in [-0.25, -0.2) is 4.99 Å². The Morgan fingerprint density at radius 3 is 2.12 bits per heavy atom. The third kappa shape index (κ3) is 6.33. The summed E-state index contributed by atoms with van der Waals surface area (Å²) in [5.74, 6) is 0. The summed E-state index contributed by atoms with van der Waals surface area (Å²) >= 11 is 4.02. The summed E-state index contributed by atoms with van der Waals surface area (Å²) < 4.78 is 0. The Kier molecular flexibility index (Phi) is 7.82. The van der Waals surface area contributed by atoms with Crippen molar-refractivity contribution in [2.75, 3.05) is 0 Å². The number of aliphatic imine (C=N–C) groups is 1. The van der Waals surface area contributed by atoms with E-state index in [1.807, 2.05) is 23.5 Å². The van der Waals surface area contributed by atoms with Crippen molar-refractivity contribution in [2.24, 2.45) is 4.99 Å². The molecule has 3 heteroatoms. The van der Waals surface area contributed by atoms with Crippen molar-refractivity contribution in [1.29, 1.82) is 0 Å². The van der Waals surface area contributed by atoms with E-state index in [4.69, 9.17) is 4.99 Å². The van der Waals surface area contributed by atoms with Crippen LogP contribution in [0.15, 0.2) is 46.8 Å². The SMILES string of the molecule is C(=CC(=Nc1ccccc1)SC1CCCCC1)SC1CCCCC1. The second kappa shape index (κ2) is 10.4. The van der Waals surface area contributed by atoms with E-state index in [-0.39, 0.29) is 0 Å². The van der Waals surface area contributed by atoms with Crippen molar-refractivity contribution in [2.45, 2.75) is 74.7 Å². The van der Waals surface area contributed by atoms with Crippen LogP contribution in [0.1, 0.15) is 64.2 Å². The summed E-state index contributed by atoms with van der Waals surface area (Å²) in [6.07, 6.45) is 16.2. The summed E-state index contributed by atoms with van der Waals surface area (Å²) in [6.45, 7) is 0. The van der Waals surface area contributed by atoms with Crippen LogP contribution in [0.2, 0.25) is 0 Å². The van der Waals surface area contributed by atoms with Crippen molar-refractivity contribution >= 4 is 34.3 Å². The predicted octanol–water partition coefficient (Wildman–Crippen LogP) is 7.36. The molecule has 1 aromatic carbocycles. The third-order valence-corrected chi connectivity index (χ3v) is 7.29. The van der Waals surface area contributed by atoms with Gasteiger partial charge in [0.25, 0.3) is 0 Å². The Morgan fingerprint density at radius 2 is 1.46 bits per heavy atom. The van der Waals surface area contributed by atoms with Crippen LogP contribution in [0.4, 0.5) is 5.69 Å². The van der Waals surface area contributed by atoms with Crippen molar-refractivity contribution in [3.63, 3.8) is 0 Å². The van der Waals surface area contributed by atoms with Gasteiger partial charge in [0, 0.05) is 10.5 Å². The molecule has 1 aromatic rings. The number of para-hydroxylation sites is 1. The highest BCUT2D eigenvalue weighted by Crippen LogP contribution is 2.32. The van der Waals surface area contributed by atoms with E-state index in [1.54, 1.807) is 0 Å². The van der Waals surface area contributed by atoms with Gasteiger partial charge >= 0.3 is 0 Å². The van der Waals surface area contributed by atoms with Gasteiger partial charge in [-0.3, -0.25) is 0 Å². The maximum absolute atomic E-state index is 4.91. The van der Waals surface area contributed by atoms with Crippen LogP contribution in [-0.4, -0.2) is 15.5 Å². The molecule has 2 aliphatic carbocycles. The lowest BCUT2D eigenvalue weighted by atomic mass is 10.0. The van der Waals surface area contributed by atoms with Crippen LogP contribution in [0.3, 0.4) is 0 Å². The topological polar surface area (TPSA) is 12.4 Å². The molecule has 0 bridgehead atoms. The molecule has 2 saturated carbocycles. The van der Waals surface area contributed by atoms with Crippen molar-refractivity contribution < 1.29 is 0 Å². The zero-order valence-electron chi connectivity index (χ0n) is 14.5. The van der Waals surface area contributed by atoms with Gasteiger partial charge in [0.2, 0.25) is 0 Å². The Hall–Kier alpha value is -0.670. The summed E-state index contributed by atoms with van der Waals surface area (Å²) in [4.78, 5) is 4.91. The normalized spacial score (nSPS) is 21.4. The average Bonchev–Trinajstić information content (AvgIpc) is 2.64. The third-order valence-electron chi connectivity index (χ3n) is 4.87. The molecule has 3 rings (SSSR count). The smallest absolute Gasteiger partial charge is 0.0974 e. The fourth-order valence-electron chi connectivity index (χ4n) is 3.50. The number of nitrogens with zero attached hydrogens (tertiary/aromatic N) is 1. The number of hydrogen-bond donors (Lipinski definition) is 0. The van der Waals surface area contributed by atoms with Crippen molar-refractivity contribution in [1.82, 2.24) is 0 Å². The molecule has 2 aliphatic rings. The Bertz CT molecular complexity index is 526. The largest absolute Gasteiger partial charge is 0.242 e. The maximum atomic E-state index is 4.91. The summed E-state index contributed by atoms with van der Waals surface area (Å²) in [6, 6.07) is 10.4. The number of thioether (sulfide) groups is 2. The van der Waals surface area contributed by atoms with Gasteiger partial charge in [-0.1, -0.05) is 56.7 Å². The fraction of sp³-hybridized carbons (Fsp3) is 0.571. The molecule has 0 aromatic heterocycles. The van der Waals surface area contributed by atoms with Crippen molar-refractivity contribution in [3.05, 3.63) is 41.8 Å². The number of hydrogen-bond acceptors (Lipinski definition) is 3. The van der Waals surface area contributed by atoms with Gasteiger partial charge in [0.05, 0.1) is 10.7 Å². The van der Waals surface area contributed by atoms with Crippen LogP contribution >= 0.6 is 23.5 Å². The molecule has 0 atom stereocenters. The van der Waals surface area contributed by atoms with Crippen LogP contribution in [0.25, 0.3) is 0 Å². The van der Waals surface area contributed by atoms with Gasteiger partial charge in [0.15, 0.2) is 0 Å². The van der Waals surface area contributed by atoms with E-state index in [2.05, 4.69) is 41.8 Å². The van der Waals surface area contributed by atoms with Gasteiger partial charge in [-0.2, -0.15) is 0 Å². The predicted molar refractivity (Wildman–Crippen MR) is 112 cm³/mol. The second-order valence-corrected chi connectivity index (χ2v) is 9.39. The molecular formula is C21H29NS2. The van der Waals surface area contributed by atoms with Crippen LogP contribution in [0, 0.1) is 0 Å². The van der Waals surface area contributed by atoms with E-state index in [0.717, 1.165) is 16.2 Å². The minimum Gasteiger partial charge on any atom is -0.242 e. The zero-order valence-corrected chi connectivity index (χ0v) is 16.2. The minimum absolute atomic E-state index is 0.755. The summed E-state index contributed by atoms with van der Waals surface area (Å²) in [5.41, 5.74) is 1.07. The van der Waals surface area contributed by atoms with E-state index in [1.165, 1.54) is 69.3 Å². The molecule has 0 amide bonds. The quantitative estimate of drug-likeness (QED) is 0.402. The van der Waals surface area contributed by atoms with Gasteiger partial charge in [0.1, 0.15) is 0 Å². The van der Waals surface area contributed by atoms with E-state index >= 15 is 0 Å². The first-order valence-electron chi connectivity index (χ1n) is 9.52. The molecule has 130 valence electrons. The Balaban J connectivity index is 1.62. The first-order chi connectivity index (χ1) is 11.9. The monoisotopic (exact) mass is 359 g/mol. The molecule has 0 spiro atoms. The van der Waals surface area contributed by atoms with E-state index < -0.39 is 0 Å². The molecule has 0 unspecified atom stereocenters. The highest BCUT2D eigenvalue weighted by atomic mass is 32.2. The summed E-state index contributed by atoms with van der Waals surface area (Å²) in [5, 5.41) is 5.09. The molecule has 2 fully saturated rings. The second-order valence-electron chi connectivity index (χ2n) is 6.86. The first kappa shape index (κ1) is 18.1. The Morgan fingerprint density at radius 1 is 0.833 bits per heavy atom. The van der Waals surface area contributed by atoms with Gasteiger partial charge < -0.3 is 0 Å². The fourth-order valence-corrected chi connectivity index (χ4v) is 5.83. The molecular weight excluding hydrogens is 330 g/mol. The molecule has 0 N–H and O–H groups in total. The highest BCUT2D eigenvalue weighted by Gasteiger charge is 2.16. The van der Waals surface area contributed by atoms with Gasteiger partial charge in [-0.05, 0) is 49.3 Å². The zero-order chi connectivity index (χ0) is 16.5. The van der Waals surface area contributed by atoms with E-state index in [0.29, 0.717) is 0 Å². The van der Waals surface area contributed by atoms with Gasteiger partial charge in [-0.15, -0.1) is 23.5 Å². The van der Waals surface area contributed by atoms with E-state index in [9.17, 15) is 0 Å². The Labute approximate surface area is 155 Å². The van der Waals surface area contributed by atoms with Crippen LogP contribution in [-0.2, 0) is 0 Å². The van der Waals surface area contributed by atoms with Crippen LogP contribution < -0.4 is 0 Å². The lowest BCUT2D eigenvalue weighted by Gasteiger charge is -2.21. The highest BCUT2D eigenvalue weighted by molar-refractivity contribution is 8.15. The maximum Gasteiger partial charge on any atom is 0.0974 e. The number of benzene rings is 1. The molecule has 1 nitrogen and oxygen atoms in total. The first-order valence-corrected chi connectivity index (χ1v) is 11.3. The van der Waals surface area contributed by atoms with Crippen molar-refractivity contribution in [3.8, 4) is 0 Å². The van der Waals surface area contributed by atoms with Crippen LogP contribution in [0.5, 0.6) is 0 Å². The lowest BCUT2D eigenvalue weighted by Crippen LogP contribution is -2.10.